The summed E-state index contributed by atoms with van der Waals surface area (Å²) in [5, 5.41) is 2.82. The molecule has 6 heteroatoms. The van der Waals surface area contributed by atoms with Gasteiger partial charge in [-0.3, -0.25) is 4.79 Å². The highest BCUT2D eigenvalue weighted by atomic mass is 79.9. The molecule has 1 aromatic carbocycles. The van der Waals surface area contributed by atoms with Gasteiger partial charge >= 0.3 is 0 Å². The number of carbonyl (C=O) groups excluding carboxylic acids is 1. The Morgan fingerprint density at radius 1 is 1.20 bits per heavy atom. The van der Waals surface area contributed by atoms with Crippen molar-refractivity contribution in [1.29, 1.82) is 0 Å². The summed E-state index contributed by atoms with van der Waals surface area (Å²) in [7, 11) is 0. The van der Waals surface area contributed by atoms with E-state index in [1.807, 2.05) is 24.3 Å². The minimum absolute atomic E-state index is 0.0427. The molecular weight excluding hydrogens is 320 g/mol. The minimum atomic E-state index is -0.442. The molecule has 0 atom stereocenters. The summed E-state index contributed by atoms with van der Waals surface area (Å²) < 4.78 is 0.634. The highest BCUT2D eigenvalue weighted by molar-refractivity contribution is 9.10. The molecule has 0 aliphatic heterocycles. The summed E-state index contributed by atoms with van der Waals surface area (Å²) in [6, 6.07) is 7.47. The Labute approximate surface area is 124 Å². The molecule has 1 heterocycles. The third-order valence-corrected chi connectivity index (χ3v) is 3.92. The van der Waals surface area contributed by atoms with Crippen LogP contribution in [0, 0.1) is 0 Å². The van der Waals surface area contributed by atoms with E-state index < -0.39 is 5.41 Å². The fraction of sp³-hybridized carbons (Fsp3) is 0.214. The molecule has 0 saturated heterocycles. The van der Waals surface area contributed by atoms with E-state index in [9.17, 15) is 4.79 Å². The number of nitrogens with two attached hydrogens (primary N) is 1. The standard InChI is InChI=1S/C14H13BrN4O/c15-11-7-18-12(8-17-11)19-13(20)14(5-6-14)9-1-3-10(16)4-2-9/h1-4,7-8H,5-6,16H2,(H,18,19,20). The van der Waals surface area contributed by atoms with Gasteiger partial charge in [0.2, 0.25) is 5.91 Å². The van der Waals surface area contributed by atoms with Crippen molar-refractivity contribution < 1.29 is 4.79 Å². The van der Waals surface area contributed by atoms with Crippen LogP contribution in [-0.4, -0.2) is 15.9 Å². The van der Waals surface area contributed by atoms with Crippen molar-refractivity contribution in [2.75, 3.05) is 11.1 Å². The Morgan fingerprint density at radius 3 is 2.45 bits per heavy atom. The van der Waals surface area contributed by atoms with Gasteiger partial charge in [-0.1, -0.05) is 12.1 Å². The SMILES string of the molecule is Nc1ccc(C2(C(=O)Nc3cnc(Br)cn3)CC2)cc1. The molecule has 1 amide bonds. The second-order valence-electron chi connectivity index (χ2n) is 4.88. The Bertz CT molecular complexity index is 635. The van der Waals surface area contributed by atoms with Gasteiger partial charge in [0.25, 0.3) is 0 Å². The maximum atomic E-state index is 12.4. The predicted molar refractivity (Wildman–Crippen MR) is 80.1 cm³/mol. The number of nitrogens with zero attached hydrogens (tertiary/aromatic N) is 2. The molecule has 2 aromatic rings. The van der Waals surface area contributed by atoms with E-state index in [0.717, 1.165) is 18.4 Å². The van der Waals surface area contributed by atoms with E-state index in [1.165, 1.54) is 6.20 Å². The van der Waals surface area contributed by atoms with E-state index in [0.29, 0.717) is 16.1 Å². The third-order valence-electron chi connectivity index (χ3n) is 3.51. The Balaban J connectivity index is 1.79. The number of rotatable bonds is 3. The molecule has 1 fully saturated rings. The van der Waals surface area contributed by atoms with E-state index in [-0.39, 0.29) is 5.91 Å². The number of carbonyl (C=O) groups is 1. The van der Waals surface area contributed by atoms with Crippen molar-refractivity contribution in [2.24, 2.45) is 0 Å². The highest BCUT2D eigenvalue weighted by Crippen LogP contribution is 2.49. The molecule has 20 heavy (non-hydrogen) atoms. The molecule has 0 radical (unpaired) electrons. The van der Waals surface area contributed by atoms with Crippen LogP contribution in [0.1, 0.15) is 18.4 Å². The quantitative estimate of drug-likeness (QED) is 0.846. The molecule has 1 aliphatic carbocycles. The number of nitrogens with one attached hydrogen (secondary N) is 1. The lowest BCUT2D eigenvalue weighted by atomic mass is 9.95. The van der Waals surface area contributed by atoms with Gasteiger partial charge in [0, 0.05) is 5.69 Å². The van der Waals surface area contributed by atoms with Crippen LogP contribution in [0.3, 0.4) is 0 Å². The molecular formula is C14H13BrN4O. The van der Waals surface area contributed by atoms with E-state index in [2.05, 4.69) is 31.2 Å². The average Bonchev–Trinajstić information content (AvgIpc) is 3.24. The Morgan fingerprint density at radius 2 is 1.90 bits per heavy atom. The first-order chi connectivity index (χ1) is 9.60. The maximum Gasteiger partial charge on any atom is 0.236 e. The molecule has 0 bridgehead atoms. The first kappa shape index (κ1) is 13.1. The van der Waals surface area contributed by atoms with Crippen molar-refractivity contribution in [3.05, 3.63) is 46.8 Å². The van der Waals surface area contributed by atoms with Crippen molar-refractivity contribution >= 4 is 33.3 Å². The van der Waals surface area contributed by atoms with Crippen LogP contribution >= 0.6 is 15.9 Å². The van der Waals surface area contributed by atoms with Gasteiger partial charge in [-0.15, -0.1) is 0 Å². The molecule has 3 N–H and O–H groups in total. The largest absolute Gasteiger partial charge is 0.399 e. The second-order valence-corrected chi connectivity index (χ2v) is 5.70. The van der Waals surface area contributed by atoms with Crippen LogP contribution in [0.5, 0.6) is 0 Å². The number of hydrogen-bond acceptors (Lipinski definition) is 4. The zero-order chi connectivity index (χ0) is 14.2. The lowest BCUT2D eigenvalue weighted by Gasteiger charge is -2.15. The number of hydrogen-bond donors (Lipinski definition) is 2. The lowest BCUT2D eigenvalue weighted by Crippen LogP contribution is -2.28. The number of amides is 1. The highest BCUT2D eigenvalue weighted by Gasteiger charge is 2.51. The summed E-state index contributed by atoms with van der Waals surface area (Å²) in [6.45, 7) is 0. The average molecular weight is 333 g/mol. The molecule has 1 aliphatic rings. The topological polar surface area (TPSA) is 80.9 Å². The normalized spacial score (nSPS) is 15.7. The summed E-state index contributed by atoms with van der Waals surface area (Å²) in [5.74, 6) is 0.416. The van der Waals surface area contributed by atoms with Crippen LogP contribution in [0.2, 0.25) is 0 Å². The summed E-state index contributed by atoms with van der Waals surface area (Å²) in [4.78, 5) is 20.6. The van der Waals surface area contributed by atoms with Crippen LogP contribution in [-0.2, 0) is 10.2 Å². The van der Waals surface area contributed by atoms with Crippen LogP contribution < -0.4 is 11.1 Å². The van der Waals surface area contributed by atoms with Gasteiger partial charge in [-0.25, -0.2) is 9.97 Å². The maximum absolute atomic E-state index is 12.4. The number of aromatic nitrogens is 2. The van der Waals surface area contributed by atoms with Gasteiger partial charge in [0.05, 0.1) is 17.8 Å². The van der Waals surface area contributed by atoms with Gasteiger partial charge in [-0.2, -0.15) is 0 Å². The predicted octanol–water partition coefficient (Wildman–Crippen LogP) is 2.49. The fourth-order valence-corrected chi connectivity index (χ4v) is 2.39. The van der Waals surface area contributed by atoms with Gasteiger partial charge in [0.1, 0.15) is 4.60 Å². The zero-order valence-corrected chi connectivity index (χ0v) is 12.2. The smallest absolute Gasteiger partial charge is 0.236 e. The summed E-state index contributed by atoms with van der Waals surface area (Å²) in [6.07, 6.45) is 4.76. The molecule has 1 aromatic heterocycles. The molecule has 5 nitrogen and oxygen atoms in total. The molecule has 1 saturated carbocycles. The molecule has 0 spiro atoms. The van der Waals surface area contributed by atoms with Crippen LogP contribution in [0.4, 0.5) is 11.5 Å². The first-order valence-electron chi connectivity index (χ1n) is 6.25. The van der Waals surface area contributed by atoms with Crippen molar-refractivity contribution in [3.63, 3.8) is 0 Å². The van der Waals surface area contributed by atoms with Gasteiger partial charge < -0.3 is 11.1 Å². The van der Waals surface area contributed by atoms with Crippen molar-refractivity contribution in [3.8, 4) is 0 Å². The van der Waals surface area contributed by atoms with Crippen LogP contribution in [0.25, 0.3) is 0 Å². The van der Waals surface area contributed by atoms with Crippen LogP contribution in [0.15, 0.2) is 41.3 Å². The summed E-state index contributed by atoms with van der Waals surface area (Å²) in [5.41, 5.74) is 6.93. The number of nitrogen functional groups attached to an aromatic ring is 1. The lowest BCUT2D eigenvalue weighted by molar-refractivity contribution is -0.118. The second kappa shape index (κ2) is 4.86. The van der Waals surface area contributed by atoms with E-state index in [1.54, 1.807) is 6.20 Å². The number of anilines is 2. The number of halogens is 1. The van der Waals surface area contributed by atoms with E-state index >= 15 is 0 Å². The zero-order valence-electron chi connectivity index (χ0n) is 10.6. The Kier molecular flexibility index (Phi) is 3.17. The summed E-state index contributed by atoms with van der Waals surface area (Å²) >= 11 is 3.21. The third kappa shape index (κ3) is 2.38. The Hall–Kier alpha value is -1.95. The van der Waals surface area contributed by atoms with Gasteiger partial charge in [0.15, 0.2) is 5.82 Å². The van der Waals surface area contributed by atoms with Crippen molar-refractivity contribution in [1.82, 2.24) is 9.97 Å². The van der Waals surface area contributed by atoms with E-state index in [4.69, 9.17) is 5.73 Å². The molecule has 3 rings (SSSR count). The molecule has 0 unspecified atom stereocenters. The first-order valence-corrected chi connectivity index (χ1v) is 7.04. The molecule has 102 valence electrons. The minimum Gasteiger partial charge on any atom is -0.399 e. The monoisotopic (exact) mass is 332 g/mol. The van der Waals surface area contributed by atoms with Crippen molar-refractivity contribution in [2.45, 2.75) is 18.3 Å². The van der Waals surface area contributed by atoms with Gasteiger partial charge in [-0.05, 0) is 46.5 Å². The number of benzene rings is 1. The fourth-order valence-electron chi connectivity index (χ4n) is 2.19.